The molecule has 1 amide bonds. The van der Waals surface area contributed by atoms with Gasteiger partial charge in [-0.1, -0.05) is 23.7 Å². The third-order valence-corrected chi connectivity index (χ3v) is 5.20. The summed E-state index contributed by atoms with van der Waals surface area (Å²) < 4.78 is 2.66. The largest absolute Gasteiger partial charge is 0.354 e. The van der Waals surface area contributed by atoms with Crippen LogP contribution < -0.4 is 5.32 Å². The molecule has 2 heterocycles. The Morgan fingerprint density at radius 2 is 2.00 bits per heavy atom. The van der Waals surface area contributed by atoms with Crippen LogP contribution in [0.5, 0.6) is 0 Å². The third-order valence-electron chi connectivity index (χ3n) is 3.93. The van der Waals surface area contributed by atoms with Gasteiger partial charge in [-0.15, -0.1) is 11.3 Å². The van der Waals surface area contributed by atoms with E-state index in [0.29, 0.717) is 22.3 Å². The summed E-state index contributed by atoms with van der Waals surface area (Å²) >= 11 is 7.06. The minimum atomic E-state index is -0.127. The number of hydrogen-bond donors (Lipinski definition) is 1. The lowest BCUT2D eigenvalue weighted by Crippen LogP contribution is -2.27. The lowest BCUT2D eigenvalue weighted by molar-refractivity contribution is -0.121. The number of carbonyl (C=O) groups is 2. The zero-order chi connectivity index (χ0) is 17.8. The predicted molar refractivity (Wildman–Crippen MR) is 100 cm³/mol. The maximum atomic E-state index is 12.0. The highest BCUT2D eigenvalue weighted by atomic mass is 35.5. The summed E-state index contributed by atoms with van der Waals surface area (Å²) in [6.45, 7) is 3.10. The number of Topliss-reactive ketones (excluding diaryl/α,β-unsaturated/α-hetero) is 1. The molecule has 3 aromatic rings. The van der Waals surface area contributed by atoms with Gasteiger partial charge in [-0.25, -0.2) is 4.98 Å². The van der Waals surface area contributed by atoms with Crippen LogP contribution in [0.3, 0.4) is 0 Å². The summed E-state index contributed by atoms with van der Waals surface area (Å²) in [6.07, 6.45) is 0.369. The van der Waals surface area contributed by atoms with Crippen molar-refractivity contribution in [2.24, 2.45) is 0 Å². The quantitative estimate of drug-likeness (QED) is 0.638. The molecule has 0 aliphatic heterocycles. The Hall–Kier alpha value is -2.18. The molecule has 0 aliphatic rings. The number of rotatable bonds is 7. The Kier molecular flexibility index (Phi) is 5.50. The van der Waals surface area contributed by atoms with Gasteiger partial charge in [-0.3, -0.25) is 9.59 Å². The highest BCUT2D eigenvalue weighted by Gasteiger charge is 2.12. The lowest BCUT2D eigenvalue weighted by Gasteiger charge is -2.08. The first-order valence-electron chi connectivity index (χ1n) is 8.01. The number of para-hydroxylation sites is 2. The van der Waals surface area contributed by atoms with E-state index >= 15 is 0 Å². The fraction of sp³-hybridized carbons (Fsp3) is 0.278. The van der Waals surface area contributed by atoms with Crippen molar-refractivity contribution in [2.45, 2.75) is 26.3 Å². The SMILES string of the molecule is Cc1nc2ccccc2n1CCNC(=O)CCC(=O)c1ccc(Cl)s1. The van der Waals surface area contributed by atoms with Crippen molar-refractivity contribution >= 4 is 45.7 Å². The second-order valence-electron chi connectivity index (χ2n) is 5.68. The van der Waals surface area contributed by atoms with Crippen LogP contribution in [-0.4, -0.2) is 27.8 Å². The van der Waals surface area contributed by atoms with Gasteiger partial charge in [0.15, 0.2) is 5.78 Å². The van der Waals surface area contributed by atoms with Gasteiger partial charge in [-0.05, 0) is 31.2 Å². The molecule has 0 aliphatic carbocycles. The summed E-state index contributed by atoms with van der Waals surface area (Å²) in [7, 11) is 0. The number of aromatic nitrogens is 2. The van der Waals surface area contributed by atoms with Crippen LogP contribution in [0.1, 0.15) is 28.3 Å². The normalized spacial score (nSPS) is 11.0. The summed E-state index contributed by atoms with van der Waals surface area (Å²) in [5.74, 6) is 0.738. The first kappa shape index (κ1) is 17.6. The van der Waals surface area contributed by atoms with Crippen LogP contribution in [0.2, 0.25) is 4.34 Å². The molecular formula is C18H18ClN3O2S. The van der Waals surface area contributed by atoms with Crippen LogP contribution in [0.15, 0.2) is 36.4 Å². The molecule has 1 aromatic carbocycles. The number of hydrogen-bond acceptors (Lipinski definition) is 4. The van der Waals surface area contributed by atoms with E-state index in [1.165, 1.54) is 11.3 Å². The number of carbonyl (C=O) groups excluding carboxylic acids is 2. The molecule has 0 spiro atoms. The maximum absolute atomic E-state index is 12.0. The van der Waals surface area contributed by atoms with Crippen molar-refractivity contribution < 1.29 is 9.59 Å². The van der Waals surface area contributed by atoms with E-state index in [2.05, 4.69) is 14.9 Å². The lowest BCUT2D eigenvalue weighted by atomic mass is 10.2. The molecule has 0 fully saturated rings. The van der Waals surface area contributed by atoms with E-state index in [1.807, 2.05) is 31.2 Å². The molecule has 0 saturated heterocycles. The van der Waals surface area contributed by atoms with Crippen LogP contribution in [-0.2, 0) is 11.3 Å². The van der Waals surface area contributed by atoms with E-state index in [-0.39, 0.29) is 24.5 Å². The second kappa shape index (κ2) is 7.80. The predicted octanol–water partition coefficient (Wildman–Crippen LogP) is 3.84. The molecule has 0 atom stereocenters. The minimum absolute atomic E-state index is 0.0523. The smallest absolute Gasteiger partial charge is 0.220 e. The number of benzene rings is 1. The fourth-order valence-electron chi connectivity index (χ4n) is 2.69. The number of aryl methyl sites for hydroxylation is 1. The van der Waals surface area contributed by atoms with Crippen molar-refractivity contribution in [1.29, 1.82) is 0 Å². The number of ketones is 1. The minimum Gasteiger partial charge on any atom is -0.354 e. The molecule has 1 N–H and O–H groups in total. The highest BCUT2D eigenvalue weighted by Crippen LogP contribution is 2.22. The monoisotopic (exact) mass is 375 g/mol. The molecule has 3 rings (SSSR count). The molecule has 25 heavy (non-hydrogen) atoms. The van der Waals surface area contributed by atoms with Crippen molar-refractivity contribution in [3.63, 3.8) is 0 Å². The van der Waals surface area contributed by atoms with Gasteiger partial charge < -0.3 is 9.88 Å². The van der Waals surface area contributed by atoms with Crippen molar-refractivity contribution in [3.8, 4) is 0 Å². The van der Waals surface area contributed by atoms with Gasteiger partial charge in [-0.2, -0.15) is 0 Å². The third kappa shape index (κ3) is 4.27. The first-order valence-corrected chi connectivity index (χ1v) is 9.21. The Morgan fingerprint density at radius 1 is 1.20 bits per heavy atom. The topological polar surface area (TPSA) is 64.0 Å². The Balaban J connectivity index is 1.48. The van der Waals surface area contributed by atoms with E-state index in [0.717, 1.165) is 16.9 Å². The average molecular weight is 376 g/mol. The fourth-order valence-corrected chi connectivity index (χ4v) is 3.70. The number of amides is 1. The number of thiophene rings is 1. The molecule has 7 heteroatoms. The van der Waals surface area contributed by atoms with Crippen molar-refractivity contribution in [3.05, 3.63) is 51.4 Å². The standard InChI is InChI=1S/C18H18ClN3O2S/c1-12-21-13-4-2-3-5-14(13)22(12)11-10-20-18(24)9-6-15(23)16-7-8-17(19)25-16/h2-5,7-8H,6,9-11H2,1H3,(H,20,24). The molecule has 2 aromatic heterocycles. The first-order chi connectivity index (χ1) is 12.0. The van der Waals surface area contributed by atoms with Gasteiger partial charge in [0.1, 0.15) is 5.82 Å². The zero-order valence-electron chi connectivity index (χ0n) is 13.8. The molecule has 0 saturated carbocycles. The Labute approximate surface area is 154 Å². The summed E-state index contributed by atoms with van der Waals surface area (Å²) in [4.78, 5) is 29.0. The van der Waals surface area contributed by atoms with Gasteiger partial charge in [0.25, 0.3) is 0 Å². The summed E-state index contributed by atoms with van der Waals surface area (Å²) in [5, 5.41) is 2.86. The maximum Gasteiger partial charge on any atom is 0.220 e. The molecule has 5 nitrogen and oxygen atoms in total. The second-order valence-corrected chi connectivity index (χ2v) is 7.39. The van der Waals surface area contributed by atoms with Gasteiger partial charge in [0.2, 0.25) is 5.91 Å². The van der Waals surface area contributed by atoms with Crippen molar-refractivity contribution in [2.75, 3.05) is 6.54 Å². The van der Waals surface area contributed by atoms with E-state index < -0.39 is 0 Å². The van der Waals surface area contributed by atoms with E-state index in [4.69, 9.17) is 11.6 Å². The van der Waals surface area contributed by atoms with Crippen LogP contribution >= 0.6 is 22.9 Å². The van der Waals surface area contributed by atoms with Gasteiger partial charge in [0, 0.05) is 25.9 Å². The van der Waals surface area contributed by atoms with Crippen LogP contribution in [0.4, 0.5) is 0 Å². The van der Waals surface area contributed by atoms with E-state index in [1.54, 1.807) is 12.1 Å². The number of fused-ring (bicyclic) bond motifs is 1. The number of imidazole rings is 1. The van der Waals surface area contributed by atoms with E-state index in [9.17, 15) is 9.59 Å². The van der Waals surface area contributed by atoms with Gasteiger partial charge in [0.05, 0.1) is 20.2 Å². The zero-order valence-corrected chi connectivity index (χ0v) is 15.4. The average Bonchev–Trinajstić information content (AvgIpc) is 3.16. The molecule has 0 radical (unpaired) electrons. The summed E-state index contributed by atoms with van der Waals surface area (Å²) in [6, 6.07) is 11.3. The highest BCUT2D eigenvalue weighted by molar-refractivity contribution is 7.18. The number of nitrogens with zero attached hydrogens (tertiary/aromatic N) is 2. The van der Waals surface area contributed by atoms with Crippen molar-refractivity contribution in [1.82, 2.24) is 14.9 Å². The summed E-state index contributed by atoms with van der Waals surface area (Å²) in [5.41, 5.74) is 2.01. The Morgan fingerprint density at radius 3 is 2.76 bits per heavy atom. The number of nitrogens with one attached hydrogen (secondary N) is 1. The van der Waals surface area contributed by atoms with Crippen LogP contribution in [0, 0.1) is 6.92 Å². The molecule has 130 valence electrons. The van der Waals surface area contributed by atoms with Crippen LogP contribution in [0.25, 0.3) is 11.0 Å². The molecular weight excluding hydrogens is 358 g/mol. The number of halogens is 1. The van der Waals surface area contributed by atoms with Gasteiger partial charge >= 0.3 is 0 Å². The molecule has 0 unspecified atom stereocenters. The molecule has 0 bridgehead atoms. The Bertz CT molecular complexity index is 916.